The smallest absolute Gasteiger partial charge is 0.311 e. The summed E-state index contributed by atoms with van der Waals surface area (Å²) in [5.74, 6) is 2.21. The number of halogens is 1. The fourth-order valence-electron chi connectivity index (χ4n) is 4.60. The monoisotopic (exact) mass is 245 g/mol. The van der Waals surface area contributed by atoms with Crippen LogP contribution in [-0.4, -0.2) is 19.1 Å². The van der Waals surface area contributed by atoms with Gasteiger partial charge in [0.05, 0.1) is 18.6 Å². The maximum atomic E-state index is 11.9. The van der Waals surface area contributed by atoms with E-state index in [9.17, 15) is 4.79 Å². The molecule has 4 saturated carbocycles. The molecule has 3 unspecified atom stereocenters. The summed E-state index contributed by atoms with van der Waals surface area (Å²) in [7, 11) is 1.53. The zero-order valence-electron chi connectivity index (χ0n) is 9.75. The Hall–Kier alpha value is -0.280. The van der Waals surface area contributed by atoms with Crippen LogP contribution in [0.4, 0.5) is 0 Å². The van der Waals surface area contributed by atoms with Crippen LogP contribution in [0, 0.1) is 23.2 Å². The highest BCUT2D eigenvalue weighted by atomic mass is 35.5. The molecule has 0 aliphatic heterocycles. The van der Waals surface area contributed by atoms with Crippen molar-refractivity contribution in [1.29, 1.82) is 0 Å². The van der Waals surface area contributed by atoms with E-state index in [-0.39, 0.29) is 23.8 Å². The van der Waals surface area contributed by atoms with E-state index in [0.717, 1.165) is 25.2 Å². The summed E-state index contributed by atoms with van der Waals surface area (Å²) < 4.78 is 5.01. The number of carbonyl (C=O) groups is 1. The third kappa shape index (κ3) is 1.48. The molecular weight excluding hydrogens is 226 g/mol. The summed E-state index contributed by atoms with van der Waals surface area (Å²) in [6.45, 7) is 0. The molecule has 0 spiro atoms. The van der Waals surface area contributed by atoms with Crippen LogP contribution in [0.15, 0.2) is 0 Å². The number of carbonyl (C=O) groups excluding carboxylic acids is 1. The standard InChI is InChI=1S/C12H19NO2.ClH/c1-15-11(14)12-4-7-2-8(5-12)10(13)9(3-7)6-12;/h7-10H,2-6,13H2,1H3;1H/t7?,8-,9+,10?,12?;. The number of rotatable bonds is 1. The Morgan fingerprint density at radius 3 is 2.31 bits per heavy atom. The van der Waals surface area contributed by atoms with E-state index in [1.807, 2.05) is 0 Å². The number of hydrogen-bond acceptors (Lipinski definition) is 2. The molecule has 4 rings (SSSR count). The van der Waals surface area contributed by atoms with Gasteiger partial charge in [0.25, 0.3) is 0 Å². The summed E-state index contributed by atoms with van der Waals surface area (Å²) in [5.41, 5.74) is 4.19. The molecule has 16 heavy (non-hydrogen) atoms. The molecule has 3 N–H and O–H groups in total. The predicted molar refractivity (Wildman–Crippen MR) is 54.7 cm³/mol. The van der Waals surface area contributed by atoms with Crippen LogP contribution in [-0.2, 0) is 9.53 Å². The Balaban J connectivity index is 0.000000963. The van der Waals surface area contributed by atoms with E-state index >= 15 is 0 Å². The topological polar surface area (TPSA) is 53.9 Å². The summed E-state index contributed by atoms with van der Waals surface area (Å²) in [4.78, 5) is 11.9. The first-order valence-electron chi connectivity index (χ1n) is 6.06. The minimum Gasteiger partial charge on any atom is -1.00 e. The lowest BCUT2D eigenvalue weighted by Crippen LogP contribution is -3.00. The first-order valence-corrected chi connectivity index (χ1v) is 6.06. The van der Waals surface area contributed by atoms with Crippen LogP contribution in [0.3, 0.4) is 0 Å². The van der Waals surface area contributed by atoms with Crippen LogP contribution in [0.2, 0.25) is 0 Å². The first kappa shape index (κ1) is 12.2. The van der Waals surface area contributed by atoms with Gasteiger partial charge < -0.3 is 22.9 Å². The minimum absolute atomic E-state index is 0. The van der Waals surface area contributed by atoms with Crippen LogP contribution in [0.1, 0.15) is 32.1 Å². The quantitative estimate of drug-likeness (QED) is 0.524. The van der Waals surface area contributed by atoms with E-state index in [1.54, 1.807) is 0 Å². The predicted octanol–water partition coefficient (Wildman–Crippen LogP) is -2.40. The van der Waals surface area contributed by atoms with E-state index in [1.165, 1.54) is 20.0 Å². The highest BCUT2D eigenvalue weighted by Gasteiger charge is 2.59. The number of ether oxygens (including phenoxy) is 1. The van der Waals surface area contributed by atoms with Crippen LogP contribution in [0.25, 0.3) is 0 Å². The third-order valence-electron chi connectivity index (χ3n) is 5.09. The van der Waals surface area contributed by atoms with Crippen molar-refractivity contribution in [2.24, 2.45) is 23.2 Å². The molecular formula is C12H20ClNO2. The number of hydrogen-bond donors (Lipinski definition) is 1. The Bertz CT molecular complexity index is 291. The second-order valence-electron chi connectivity index (χ2n) is 5.91. The molecule has 4 heteroatoms. The zero-order valence-corrected chi connectivity index (χ0v) is 10.5. The lowest BCUT2D eigenvalue weighted by molar-refractivity contribution is -0.465. The van der Waals surface area contributed by atoms with Gasteiger partial charge in [-0.3, -0.25) is 4.79 Å². The fraction of sp³-hybridized carbons (Fsp3) is 0.917. The van der Waals surface area contributed by atoms with E-state index in [2.05, 4.69) is 5.73 Å². The van der Waals surface area contributed by atoms with E-state index in [0.29, 0.717) is 17.9 Å². The highest BCUT2D eigenvalue weighted by molar-refractivity contribution is 5.77. The van der Waals surface area contributed by atoms with Crippen molar-refractivity contribution in [3.8, 4) is 0 Å². The van der Waals surface area contributed by atoms with E-state index < -0.39 is 0 Å². The van der Waals surface area contributed by atoms with Gasteiger partial charge in [-0.15, -0.1) is 0 Å². The summed E-state index contributed by atoms with van der Waals surface area (Å²) in [5, 5.41) is 0. The van der Waals surface area contributed by atoms with Crippen molar-refractivity contribution >= 4 is 5.97 Å². The molecule has 4 bridgehead atoms. The van der Waals surface area contributed by atoms with Gasteiger partial charge in [-0.2, -0.15) is 0 Å². The molecule has 0 aromatic carbocycles. The lowest BCUT2D eigenvalue weighted by Gasteiger charge is -2.56. The van der Waals surface area contributed by atoms with Crippen molar-refractivity contribution in [3.05, 3.63) is 0 Å². The van der Waals surface area contributed by atoms with Crippen LogP contribution in [0.5, 0.6) is 0 Å². The SMILES string of the molecule is COC(=O)C12CC3C[C@H](C1)C([NH3+])[C@@H](C3)C2.[Cl-]. The van der Waals surface area contributed by atoms with Crippen molar-refractivity contribution in [2.75, 3.05) is 7.11 Å². The first-order chi connectivity index (χ1) is 7.14. The number of quaternary nitrogens is 1. The summed E-state index contributed by atoms with van der Waals surface area (Å²) in [6.07, 6.45) is 5.79. The highest BCUT2D eigenvalue weighted by Crippen LogP contribution is 2.59. The van der Waals surface area contributed by atoms with Crippen molar-refractivity contribution in [1.82, 2.24) is 0 Å². The fourth-order valence-corrected chi connectivity index (χ4v) is 4.60. The molecule has 0 aromatic rings. The normalized spacial score (nSPS) is 48.6. The van der Waals surface area contributed by atoms with Gasteiger partial charge in [-0.25, -0.2) is 0 Å². The lowest BCUT2D eigenvalue weighted by atomic mass is 9.48. The minimum atomic E-state index is -0.112. The Morgan fingerprint density at radius 1 is 1.25 bits per heavy atom. The molecule has 0 heterocycles. The van der Waals surface area contributed by atoms with Gasteiger partial charge >= 0.3 is 5.97 Å². The van der Waals surface area contributed by atoms with Gasteiger partial charge in [0, 0.05) is 11.8 Å². The average Bonchev–Trinajstić information content (AvgIpc) is 2.23. The van der Waals surface area contributed by atoms with Crippen LogP contribution >= 0.6 is 0 Å². The molecule has 92 valence electrons. The molecule has 0 saturated heterocycles. The molecule has 4 aliphatic rings. The Kier molecular flexibility index (Phi) is 2.96. The van der Waals surface area contributed by atoms with Gasteiger partial charge in [0.15, 0.2) is 0 Å². The Labute approximate surface area is 103 Å². The number of methoxy groups -OCH3 is 1. The van der Waals surface area contributed by atoms with Crippen LogP contribution < -0.4 is 18.1 Å². The summed E-state index contributed by atoms with van der Waals surface area (Å²) >= 11 is 0. The van der Waals surface area contributed by atoms with Crippen molar-refractivity contribution < 1.29 is 27.7 Å². The second kappa shape index (κ2) is 3.88. The van der Waals surface area contributed by atoms with Crippen molar-refractivity contribution in [2.45, 2.75) is 38.1 Å². The molecule has 0 radical (unpaired) electrons. The Morgan fingerprint density at radius 2 is 1.81 bits per heavy atom. The molecule has 0 amide bonds. The van der Waals surface area contributed by atoms with Gasteiger partial charge in [0.2, 0.25) is 0 Å². The molecule has 5 atom stereocenters. The molecule has 4 aliphatic carbocycles. The number of esters is 1. The second-order valence-corrected chi connectivity index (χ2v) is 5.91. The summed E-state index contributed by atoms with van der Waals surface area (Å²) in [6, 6.07) is 0.597. The largest absolute Gasteiger partial charge is 1.00 e. The maximum Gasteiger partial charge on any atom is 0.311 e. The molecule has 3 nitrogen and oxygen atoms in total. The van der Waals surface area contributed by atoms with Gasteiger partial charge in [-0.05, 0) is 38.0 Å². The zero-order chi connectivity index (χ0) is 10.6. The maximum absolute atomic E-state index is 11.9. The molecule has 4 fully saturated rings. The van der Waals surface area contributed by atoms with Gasteiger partial charge in [-0.1, -0.05) is 0 Å². The van der Waals surface area contributed by atoms with E-state index in [4.69, 9.17) is 4.74 Å². The average molecular weight is 246 g/mol. The molecule has 0 aromatic heterocycles. The van der Waals surface area contributed by atoms with Gasteiger partial charge in [0.1, 0.15) is 0 Å². The third-order valence-corrected chi connectivity index (χ3v) is 5.09. The van der Waals surface area contributed by atoms with Crippen molar-refractivity contribution in [3.63, 3.8) is 0 Å².